The highest BCUT2D eigenvalue weighted by molar-refractivity contribution is 6.60. The molecule has 0 radical (unpaired) electrons. The lowest BCUT2D eigenvalue weighted by atomic mass is 10.1. The molecule has 0 saturated heterocycles. The lowest BCUT2D eigenvalue weighted by molar-refractivity contribution is 0.122. The van der Waals surface area contributed by atoms with Crippen molar-refractivity contribution in [1.29, 1.82) is 0 Å². The Morgan fingerprint density at radius 2 is 0.645 bits per heavy atom. The molecule has 0 fully saturated rings. The van der Waals surface area contributed by atoms with Crippen LogP contribution >= 0.6 is 0 Å². The minimum absolute atomic E-state index is 0.911. The van der Waals surface area contributed by atoms with Crippen LogP contribution in [0.5, 0.6) is 0 Å². The van der Waals surface area contributed by atoms with Crippen molar-refractivity contribution in [1.82, 2.24) is 5.32 Å². The first-order valence-corrected chi connectivity index (χ1v) is 16.0. The summed E-state index contributed by atoms with van der Waals surface area (Å²) in [6.07, 6.45) is 15.0. The van der Waals surface area contributed by atoms with E-state index < -0.39 is 17.6 Å². The second kappa shape index (κ2) is 20.7. The summed E-state index contributed by atoms with van der Waals surface area (Å²) in [4.78, 5) is 0. The Morgan fingerprint density at radius 3 is 0.935 bits per heavy atom. The summed E-state index contributed by atoms with van der Waals surface area (Å²) in [6, 6.07) is 1.82. The van der Waals surface area contributed by atoms with E-state index in [9.17, 15) is 0 Å². The first-order chi connectivity index (χ1) is 15.1. The van der Waals surface area contributed by atoms with Crippen LogP contribution in [0.1, 0.15) is 77.0 Å². The standard InChI is InChI=1S/C22H51NO6Si2/c1-24-30(25-2,26-3)21-17-13-9-7-11-15-19-23-20-16-12-8-10-14-18-22-31(27-4,28-5)29-6/h23H,7-22H2,1-6H3. The van der Waals surface area contributed by atoms with Gasteiger partial charge in [0, 0.05) is 54.7 Å². The third-order valence-corrected chi connectivity index (χ3v) is 11.7. The Kier molecular flexibility index (Phi) is 20.8. The van der Waals surface area contributed by atoms with Crippen LogP contribution in [0.2, 0.25) is 12.1 Å². The molecule has 1 N–H and O–H groups in total. The van der Waals surface area contributed by atoms with Crippen LogP contribution in [-0.2, 0) is 26.6 Å². The van der Waals surface area contributed by atoms with Gasteiger partial charge < -0.3 is 31.9 Å². The zero-order valence-electron chi connectivity index (χ0n) is 21.3. The molecular weight excluding hydrogens is 430 g/mol. The Balaban J connectivity index is 3.35. The van der Waals surface area contributed by atoms with Crippen molar-refractivity contribution in [3.8, 4) is 0 Å². The molecule has 0 rings (SSSR count). The SMILES string of the molecule is CO[Si](CCCCCCCCNCCCCCCCC[Si](OC)(OC)OC)(OC)OC. The van der Waals surface area contributed by atoms with E-state index in [0.717, 1.165) is 38.0 Å². The molecule has 188 valence electrons. The molecule has 0 aliphatic carbocycles. The maximum Gasteiger partial charge on any atom is 0.500 e. The second-order valence-corrected chi connectivity index (χ2v) is 14.3. The highest BCUT2D eigenvalue weighted by Crippen LogP contribution is 2.19. The summed E-state index contributed by atoms with van der Waals surface area (Å²) in [6.45, 7) is 2.29. The summed E-state index contributed by atoms with van der Waals surface area (Å²) in [7, 11) is 5.40. The van der Waals surface area contributed by atoms with Crippen LogP contribution in [0.4, 0.5) is 0 Å². The zero-order chi connectivity index (χ0) is 23.3. The molecule has 0 heterocycles. The van der Waals surface area contributed by atoms with Crippen molar-refractivity contribution < 1.29 is 26.6 Å². The molecule has 0 aliphatic heterocycles. The van der Waals surface area contributed by atoms with Crippen molar-refractivity contribution in [2.24, 2.45) is 0 Å². The maximum absolute atomic E-state index is 5.46. The lowest BCUT2D eigenvalue weighted by Crippen LogP contribution is -2.42. The van der Waals surface area contributed by atoms with Gasteiger partial charge >= 0.3 is 17.6 Å². The Bertz CT molecular complexity index is 334. The quantitative estimate of drug-likeness (QED) is 0.153. The molecule has 0 spiro atoms. The number of unbranched alkanes of at least 4 members (excludes halogenated alkanes) is 10. The van der Waals surface area contributed by atoms with E-state index in [0.29, 0.717) is 0 Å². The Morgan fingerprint density at radius 1 is 0.387 bits per heavy atom. The van der Waals surface area contributed by atoms with Gasteiger partial charge in [0.1, 0.15) is 0 Å². The van der Waals surface area contributed by atoms with E-state index >= 15 is 0 Å². The Labute approximate surface area is 194 Å². The molecule has 0 aromatic carbocycles. The van der Waals surface area contributed by atoms with Crippen LogP contribution in [0.3, 0.4) is 0 Å². The average molecular weight is 482 g/mol. The van der Waals surface area contributed by atoms with Crippen molar-refractivity contribution in [3.63, 3.8) is 0 Å². The van der Waals surface area contributed by atoms with E-state index in [1.807, 2.05) is 0 Å². The van der Waals surface area contributed by atoms with Gasteiger partial charge in [0.15, 0.2) is 0 Å². The first kappa shape index (κ1) is 31.2. The predicted octanol–water partition coefficient (Wildman–Crippen LogP) is 5.01. The molecule has 7 nitrogen and oxygen atoms in total. The molecule has 9 heteroatoms. The van der Waals surface area contributed by atoms with E-state index in [4.69, 9.17) is 26.6 Å². The summed E-state index contributed by atoms with van der Waals surface area (Å²) < 4.78 is 32.8. The number of nitrogens with one attached hydrogen (secondary N) is 1. The normalized spacial score (nSPS) is 12.6. The fourth-order valence-corrected chi connectivity index (χ4v) is 7.43. The van der Waals surface area contributed by atoms with Gasteiger partial charge in [0.25, 0.3) is 0 Å². The fourth-order valence-electron chi connectivity index (χ4n) is 3.83. The summed E-state index contributed by atoms with van der Waals surface area (Å²) >= 11 is 0. The molecule has 0 aromatic rings. The molecule has 0 bridgehead atoms. The van der Waals surface area contributed by atoms with Gasteiger partial charge in [-0.3, -0.25) is 0 Å². The molecule has 0 atom stereocenters. The van der Waals surface area contributed by atoms with Gasteiger partial charge in [0.05, 0.1) is 0 Å². The average Bonchev–Trinajstić information content (AvgIpc) is 2.82. The van der Waals surface area contributed by atoms with Crippen LogP contribution in [0, 0.1) is 0 Å². The highest BCUT2D eigenvalue weighted by Gasteiger charge is 2.37. The monoisotopic (exact) mass is 481 g/mol. The second-order valence-electron chi connectivity index (χ2n) is 8.08. The van der Waals surface area contributed by atoms with Crippen LogP contribution < -0.4 is 5.32 Å². The number of hydrogen-bond donors (Lipinski definition) is 1. The first-order valence-electron chi connectivity index (χ1n) is 12.1. The third-order valence-electron chi connectivity index (χ3n) is 6.04. The smallest absolute Gasteiger partial charge is 0.377 e. The molecule has 0 amide bonds. The summed E-state index contributed by atoms with van der Waals surface area (Å²) in [5.41, 5.74) is 0. The highest BCUT2D eigenvalue weighted by atomic mass is 28.4. The number of rotatable bonds is 24. The predicted molar refractivity (Wildman–Crippen MR) is 131 cm³/mol. The molecule has 0 aromatic heterocycles. The molecule has 31 heavy (non-hydrogen) atoms. The van der Waals surface area contributed by atoms with Crippen molar-refractivity contribution in [2.45, 2.75) is 89.1 Å². The minimum atomic E-state index is -2.36. The molecular formula is C22H51NO6Si2. The van der Waals surface area contributed by atoms with E-state index in [1.165, 1.54) is 64.2 Å². The minimum Gasteiger partial charge on any atom is -0.377 e. The molecule has 0 aliphatic rings. The topological polar surface area (TPSA) is 67.4 Å². The number of hydrogen-bond acceptors (Lipinski definition) is 7. The van der Waals surface area contributed by atoms with Crippen LogP contribution in [-0.4, -0.2) is 73.4 Å². The van der Waals surface area contributed by atoms with Crippen molar-refractivity contribution >= 4 is 17.6 Å². The third kappa shape index (κ3) is 14.8. The van der Waals surface area contributed by atoms with Gasteiger partial charge in [-0.25, -0.2) is 0 Å². The van der Waals surface area contributed by atoms with E-state index in [1.54, 1.807) is 42.7 Å². The zero-order valence-corrected chi connectivity index (χ0v) is 23.3. The van der Waals surface area contributed by atoms with Gasteiger partial charge in [-0.05, 0) is 38.8 Å². The van der Waals surface area contributed by atoms with Gasteiger partial charge in [-0.2, -0.15) is 0 Å². The fraction of sp³-hybridized carbons (Fsp3) is 1.00. The molecule has 0 saturated carbocycles. The van der Waals surface area contributed by atoms with E-state index in [2.05, 4.69) is 5.32 Å². The van der Waals surface area contributed by atoms with Crippen LogP contribution in [0.15, 0.2) is 0 Å². The van der Waals surface area contributed by atoms with Crippen LogP contribution in [0.25, 0.3) is 0 Å². The lowest BCUT2D eigenvalue weighted by Gasteiger charge is -2.24. The van der Waals surface area contributed by atoms with Gasteiger partial charge in [0.2, 0.25) is 0 Å². The summed E-state index contributed by atoms with van der Waals surface area (Å²) in [5.74, 6) is 0. The largest absolute Gasteiger partial charge is 0.500 e. The Hall–Kier alpha value is 0.154. The van der Waals surface area contributed by atoms with E-state index in [-0.39, 0.29) is 0 Å². The summed E-state index contributed by atoms with van der Waals surface area (Å²) in [5, 5.41) is 3.59. The maximum atomic E-state index is 5.46. The van der Waals surface area contributed by atoms with Gasteiger partial charge in [-0.15, -0.1) is 0 Å². The van der Waals surface area contributed by atoms with Crippen molar-refractivity contribution in [2.75, 3.05) is 55.7 Å². The van der Waals surface area contributed by atoms with Gasteiger partial charge in [-0.1, -0.05) is 51.4 Å². The molecule has 0 unspecified atom stereocenters. The van der Waals surface area contributed by atoms with Crippen molar-refractivity contribution in [3.05, 3.63) is 0 Å².